The van der Waals surface area contributed by atoms with Gasteiger partial charge in [0.15, 0.2) is 17.5 Å². The van der Waals surface area contributed by atoms with Gasteiger partial charge >= 0.3 is 0 Å². The van der Waals surface area contributed by atoms with E-state index in [2.05, 4.69) is 25.6 Å². The molecule has 9 heteroatoms. The van der Waals surface area contributed by atoms with Crippen molar-refractivity contribution in [2.45, 2.75) is 32.4 Å². The first kappa shape index (κ1) is 24.0. The highest BCUT2D eigenvalue weighted by Gasteiger charge is 2.22. The van der Waals surface area contributed by atoms with Crippen LogP contribution in [0.1, 0.15) is 36.9 Å². The number of nitrogens with zero attached hydrogens (tertiary/aromatic N) is 4. The highest BCUT2D eigenvalue weighted by atomic mass is 127. The van der Waals surface area contributed by atoms with Crippen LogP contribution in [-0.4, -0.2) is 34.1 Å². The van der Waals surface area contributed by atoms with Gasteiger partial charge in [-0.2, -0.15) is 0 Å². The number of halogens is 2. The van der Waals surface area contributed by atoms with Crippen molar-refractivity contribution < 1.29 is 9.13 Å². The number of hydrogen-bond donors (Lipinski definition) is 2. The molecule has 1 fully saturated rings. The third kappa shape index (κ3) is 6.41. The number of benzene rings is 1. The lowest BCUT2D eigenvalue weighted by Crippen LogP contribution is -2.38. The predicted octanol–water partition coefficient (Wildman–Crippen LogP) is 4.24. The molecule has 1 aliphatic carbocycles. The van der Waals surface area contributed by atoms with Crippen LogP contribution in [0.25, 0.3) is 5.82 Å². The van der Waals surface area contributed by atoms with Gasteiger partial charge in [0, 0.05) is 32.2 Å². The third-order valence-corrected chi connectivity index (χ3v) is 5.24. The van der Waals surface area contributed by atoms with Gasteiger partial charge in [0.25, 0.3) is 0 Å². The molecule has 32 heavy (non-hydrogen) atoms. The topological polar surface area (TPSA) is 76.4 Å². The monoisotopic (exact) mass is 550 g/mol. The highest BCUT2D eigenvalue weighted by Crippen LogP contribution is 2.30. The molecule has 7 nitrogen and oxygen atoms in total. The molecule has 0 saturated heterocycles. The number of guanidine groups is 1. The minimum absolute atomic E-state index is 0. The van der Waals surface area contributed by atoms with Crippen LogP contribution in [0.15, 0.2) is 60.2 Å². The van der Waals surface area contributed by atoms with Crippen LogP contribution in [0.5, 0.6) is 5.75 Å². The van der Waals surface area contributed by atoms with E-state index in [1.54, 1.807) is 25.6 Å². The number of aromatic nitrogens is 3. The standard InChI is InChI=1S/C23H27FN6O.HI/c1-16(19-6-7-21(20(24)11-19)31-14-17-3-4-17)29-23(25-2)28-13-18-5-8-22(27-12-18)30-10-9-26-15-30;/h5-12,15-17H,3-4,13-14H2,1-2H3,(H2,25,28,29);1H. The number of ether oxygens (including phenoxy) is 1. The molecule has 3 aromatic rings. The molecular formula is C23H28FIN6O. The average Bonchev–Trinajstić information content (AvgIpc) is 3.46. The smallest absolute Gasteiger partial charge is 0.191 e. The van der Waals surface area contributed by atoms with E-state index in [0.717, 1.165) is 16.9 Å². The molecule has 0 radical (unpaired) electrons. The van der Waals surface area contributed by atoms with Gasteiger partial charge < -0.3 is 15.4 Å². The number of nitrogens with one attached hydrogen (secondary N) is 2. The second kappa shape index (κ2) is 11.3. The summed E-state index contributed by atoms with van der Waals surface area (Å²) in [5.41, 5.74) is 1.84. The zero-order chi connectivity index (χ0) is 21.6. The van der Waals surface area contributed by atoms with Gasteiger partial charge in [0.05, 0.1) is 12.6 Å². The number of aliphatic imine (C=N–C) groups is 1. The summed E-state index contributed by atoms with van der Waals surface area (Å²) in [4.78, 5) is 12.7. The Balaban J connectivity index is 0.00000289. The van der Waals surface area contributed by atoms with Crippen molar-refractivity contribution in [1.29, 1.82) is 0 Å². The van der Waals surface area contributed by atoms with Gasteiger partial charge in [-0.25, -0.2) is 14.4 Å². The van der Waals surface area contributed by atoms with Crippen molar-refractivity contribution in [3.63, 3.8) is 0 Å². The summed E-state index contributed by atoms with van der Waals surface area (Å²) in [6.45, 7) is 3.12. The number of pyridine rings is 1. The summed E-state index contributed by atoms with van der Waals surface area (Å²) >= 11 is 0. The van der Waals surface area contributed by atoms with E-state index >= 15 is 0 Å². The molecule has 2 aromatic heterocycles. The molecule has 1 unspecified atom stereocenters. The van der Waals surface area contributed by atoms with Gasteiger partial charge in [0.2, 0.25) is 0 Å². The van der Waals surface area contributed by atoms with E-state index in [4.69, 9.17) is 4.74 Å². The Morgan fingerprint density at radius 2 is 2.16 bits per heavy atom. The SMILES string of the molecule is CN=C(NCc1ccc(-n2ccnc2)nc1)NC(C)c1ccc(OCC2CC2)c(F)c1.I. The number of hydrogen-bond acceptors (Lipinski definition) is 4. The fourth-order valence-electron chi connectivity index (χ4n) is 3.13. The summed E-state index contributed by atoms with van der Waals surface area (Å²) in [5, 5.41) is 6.56. The first-order chi connectivity index (χ1) is 15.1. The lowest BCUT2D eigenvalue weighted by atomic mass is 10.1. The van der Waals surface area contributed by atoms with Crippen LogP contribution in [0.2, 0.25) is 0 Å². The van der Waals surface area contributed by atoms with E-state index in [0.29, 0.717) is 30.8 Å². The maximum absolute atomic E-state index is 14.4. The first-order valence-corrected chi connectivity index (χ1v) is 10.4. The Bertz CT molecular complexity index is 1020. The average molecular weight is 550 g/mol. The van der Waals surface area contributed by atoms with Gasteiger partial charge in [-0.15, -0.1) is 24.0 Å². The lowest BCUT2D eigenvalue weighted by molar-refractivity contribution is 0.285. The van der Waals surface area contributed by atoms with Crippen LogP contribution >= 0.6 is 24.0 Å². The van der Waals surface area contributed by atoms with Crippen molar-refractivity contribution in [2.75, 3.05) is 13.7 Å². The van der Waals surface area contributed by atoms with E-state index in [-0.39, 0.29) is 35.8 Å². The molecule has 0 aliphatic heterocycles. The molecule has 4 rings (SSSR count). The van der Waals surface area contributed by atoms with Crippen LogP contribution < -0.4 is 15.4 Å². The van der Waals surface area contributed by atoms with Crippen molar-refractivity contribution in [2.24, 2.45) is 10.9 Å². The second-order valence-corrected chi connectivity index (χ2v) is 7.73. The summed E-state index contributed by atoms with van der Waals surface area (Å²) < 4.78 is 21.8. The third-order valence-electron chi connectivity index (χ3n) is 5.24. The Morgan fingerprint density at radius 1 is 1.31 bits per heavy atom. The van der Waals surface area contributed by atoms with Gasteiger partial charge in [-0.05, 0) is 55.0 Å². The summed E-state index contributed by atoms with van der Waals surface area (Å²) in [5.74, 6) is 2.01. The van der Waals surface area contributed by atoms with Gasteiger partial charge in [-0.3, -0.25) is 9.56 Å². The molecule has 2 heterocycles. The first-order valence-electron chi connectivity index (χ1n) is 10.4. The van der Waals surface area contributed by atoms with Gasteiger partial charge in [-0.1, -0.05) is 12.1 Å². The maximum atomic E-state index is 14.4. The van der Waals surface area contributed by atoms with Crippen molar-refractivity contribution >= 4 is 29.9 Å². The zero-order valence-corrected chi connectivity index (χ0v) is 20.5. The number of imidazole rings is 1. The summed E-state index contributed by atoms with van der Waals surface area (Å²) in [7, 11) is 1.71. The van der Waals surface area contributed by atoms with Crippen molar-refractivity contribution in [3.05, 3.63) is 72.2 Å². The highest BCUT2D eigenvalue weighted by molar-refractivity contribution is 14.0. The van der Waals surface area contributed by atoms with Crippen LogP contribution in [-0.2, 0) is 6.54 Å². The van der Waals surface area contributed by atoms with E-state index in [9.17, 15) is 4.39 Å². The summed E-state index contributed by atoms with van der Waals surface area (Å²) in [6.07, 6.45) is 9.45. The molecule has 170 valence electrons. The molecule has 1 aliphatic rings. The van der Waals surface area contributed by atoms with Crippen molar-refractivity contribution in [1.82, 2.24) is 25.2 Å². The minimum Gasteiger partial charge on any atom is -0.490 e. The minimum atomic E-state index is -0.334. The van der Waals surface area contributed by atoms with Crippen LogP contribution in [0, 0.1) is 11.7 Å². The van der Waals surface area contributed by atoms with E-state index in [1.165, 1.54) is 18.9 Å². The Hall–Kier alpha value is -2.69. The molecule has 1 aromatic carbocycles. The maximum Gasteiger partial charge on any atom is 0.191 e. The fraction of sp³-hybridized carbons (Fsp3) is 0.348. The van der Waals surface area contributed by atoms with E-state index < -0.39 is 0 Å². The largest absolute Gasteiger partial charge is 0.490 e. The second-order valence-electron chi connectivity index (χ2n) is 7.73. The van der Waals surface area contributed by atoms with E-state index in [1.807, 2.05) is 42.1 Å². The molecule has 1 atom stereocenters. The molecule has 0 spiro atoms. The summed E-state index contributed by atoms with van der Waals surface area (Å²) in [6, 6.07) is 8.92. The molecule has 0 amide bonds. The van der Waals surface area contributed by atoms with Crippen LogP contribution in [0.4, 0.5) is 4.39 Å². The normalized spacial score (nSPS) is 14.4. The quantitative estimate of drug-likeness (QED) is 0.250. The Kier molecular flexibility index (Phi) is 8.43. The fourth-order valence-corrected chi connectivity index (χ4v) is 3.13. The van der Waals surface area contributed by atoms with Crippen LogP contribution in [0.3, 0.4) is 0 Å². The van der Waals surface area contributed by atoms with Gasteiger partial charge in [0.1, 0.15) is 12.1 Å². The predicted molar refractivity (Wildman–Crippen MR) is 133 cm³/mol. The molecule has 1 saturated carbocycles. The lowest BCUT2D eigenvalue weighted by Gasteiger charge is -2.19. The zero-order valence-electron chi connectivity index (χ0n) is 18.2. The molecular weight excluding hydrogens is 522 g/mol. The Morgan fingerprint density at radius 3 is 2.78 bits per heavy atom. The molecule has 0 bridgehead atoms. The van der Waals surface area contributed by atoms with Crippen molar-refractivity contribution in [3.8, 4) is 11.6 Å². The Labute approximate surface area is 204 Å². The number of rotatable bonds is 8. The molecule has 2 N–H and O–H groups in total.